The average molecular weight is 414 g/mol. The van der Waals surface area contributed by atoms with E-state index in [1.165, 1.54) is 29.4 Å². The van der Waals surface area contributed by atoms with E-state index in [4.69, 9.17) is 11.6 Å². The van der Waals surface area contributed by atoms with Crippen LogP contribution in [-0.4, -0.2) is 73.6 Å². The van der Waals surface area contributed by atoms with Crippen molar-refractivity contribution < 1.29 is 18.0 Å². The van der Waals surface area contributed by atoms with Gasteiger partial charge >= 0.3 is 0 Å². The van der Waals surface area contributed by atoms with Gasteiger partial charge in [-0.25, -0.2) is 8.42 Å². The second-order valence-corrected chi connectivity index (χ2v) is 9.25. The van der Waals surface area contributed by atoms with Crippen LogP contribution in [-0.2, 0) is 14.8 Å². The molecule has 0 aromatic heterocycles. The molecule has 3 rings (SSSR count). The number of carbonyl (C=O) groups excluding carboxylic acids is 2. The van der Waals surface area contributed by atoms with Crippen molar-refractivity contribution in [1.82, 2.24) is 14.1 Å². The maximum atomic E-state index is 12.9. The summed E-state index contributed by atoms with van der Waals surface area (Å²) in [7, 11) is -3.63. The van der Waals surface area contributed by atoms with Crippen molar-refractivity contribution in [3.8, 4) is 0 Å². The van der Waals surface area contributed by atoms with Gasteiger partial charge in [0.1, 0.15) is 0 Å². The first-order valence-electron chi connectivity index (χ1n) is 9.15. The van der Waals surface area contributed by atoms with E-state index in [1.54, 1.807) is 9.80 Å². The molecule has 1 aromatic rings. The topological polar surface area (TPSA) is 78.0 Å². The molecule has 2 aliphatic heterocycles. The standard InChI is InChI=1S/C18H24ClN3O4S/c1-14(23)20-9-11-21(12-10-20)18(24)16-13-15(5-6-17(16)19)27(25,26)22-7-3-2-4-8-22/h5-6,13H,2-4,7-12H2,1H3. The number of benzene rings is 1. The van der Waals surface area contributed by atoms with Crippen LogP contribution < -0.4 is 0 Å². The molecule has 0 atom stereocenters. The molecule has 2 saturated heterocycles. The molecule has 0 spiro atoms. The van der Waals surface area contributed by atoms with Gasteiger partial charge in [-0.2, -0.15) is 4.31 Å². The molecule has 0 bridgehead atoms. The summed E-state index contributed by atoms with van der Waals surface area (Å²) in [5.74, 6) is -0.325. The Balaban J connectivity index is 1.81. The molecule has 0 aliphatic carbocycles. The highest BCUT2D eigenvalue weighted by molar-refractivity contribution is 7.89. The number of rotatable bonds is 3. The van der Waals surface area contributed by atoms with Gasteiger partial charge in [-0.15, -0.1) is 0 Å². The maximum Gasteiger partial charge on any atom is 0.255 e. The van der Waals surface area contributed by atoms with E-state index in [9.17, 15) is 18.0 Å². The van der Waals surface area contributed by atoms with E-state index in [1.807, 2.05) is 0 Å². The molecule has 7 nitrogen and oxygen atoms in total. The number of piperazine rings is 1. The molecule has 2 fully saturated rings. The monoisotopic (exact) mass is 413 g/mol. The predicted octanol–water partition coefficient (Wildman–Crippen LogP) is 1.82. The van der Waals surface area contributed by atoms with Gasteiger partial charge in [-0.1, -0.05) is 18.0 Å². The minimum absolute atomic E-state index is 0.0187. The van der Waals surface area contributed by atoms with Crippen molar-refractivity contribution in [2.75, 3.05) is 39.3 Å². The first-order chi connectivity index (χ1) is 12.8. The highest BCUT2D eigenvalue weighted by Gasteiger charge is 2.29. The number of nitrogens with zero attached hydrogens (tertiary/aromatic N) is 3. The molecule has 27 heavy (non-hydrogen) atoms. The SMILES string of the molecule is CC(=O)N1CCN(C(=O)c2cc(S(=O)(=O)N3CCCCC3)ccc2Cl)CC1. The zero-order chi connectivity index (χ0) is 19.6. The van der Waals surface area contributed by atoms with Crippen LogP contribution in [0.2, 0.25) is 5.02 Å². The molecule has 0 N–H and O–H groups in total. The molecular weight excluding hydrogens is 390 g/mol. The highest BCUT2D eigenvalue weighted by Crippen LogP contribution is 2.26. The Labute approximate surface area is 164 Å². The summed E-state index contributed by atoms with van der Waals surface area (Å²) < 4.78 is 27.2. The van der Waals surface area contributed by atoms with Gasteiger partial charge < -0.3 is 9.80 Å². The van der Waals surface area contributed by atoms with E-state index in [-0.39, 0.29) is 27.3 Å². The van der Waals surface area contributed by atoms with Crippen LogP contribution >= 0.6 is 11.6 Å². The molecule has 9 heteroatoms. The van der Waals surface area contributed by atoms with Gasteiger partial charge in [-0.3, -0.25) is 9.59 Å². The lowest BCUT2D eigenvalue weighted by Crippen LogP contribution is -2.50. The van der Waals surface area contributed by atoms with E-state index >= 15 is 0 Å². The Morgan fingerprint density at radius 3 is 2.11 bits per heavy atom. The third-order valence-corrected chi connectivity index (χ3v) is 7.36. The fourth-order valence-corrected chi connectivity index (χ4v) is 5.22. The first kappa shape index (κ1) is 20.1. The quantitative estimate of drug-likeness (QED) is 0.757. The van der Waals surface area contributed by atoms with Crippen LogP contribution in [0.25, 0.3) is 0 Å². The number of halogens is 1. The van der Waals surface area contributed by atoms with Crippen LogP contribution in [0.5, 0.6) is 0 Å². The summed E-state index contributed by atoms with van der Waals surface area (Å²) >= 11 is 6.20. The van der Waals surface area contributed by atoms with Crippen LogP contribution in [0.3, 0.4) is 0 Å². The van der Waals surface area contributed by atoms with E-state index < -0.39 is 10.0 Å². The van der Waals surface area contributed by atoms with Crippen molar-refractivity contribution >= 4 is 33.4 Å². The van der Waals surface area contributed by atoms with Crippen molar-refractivity contribution in [2.45, 2.75) is 31.1 Å². The second kappa shape index (κ2) is 8.16. The number of hydrogen-bond donors (Lipinski definition) is 0. The third-order valence-electron chi connectivity index (χ3n) is 5.13. The van der Waals surface area contributed by atoms with Gasteiger partial charge in [0.15, 0.2) is 0 Å². The summed E-state index contributed by atoms with van der Waals surface area (Å²) in [5.41, 5.74) is 0.186. The third kappa shape index (κ3) is 4.28. The van der Waals surface area contributed by atoms with Crippen molar-refractivity contribution in [2.24, 2.45) is 0 Å². The lowest BCUT2D eigenvalue weighted by molar-refractivity contribution is -0.130. The molecule has 148 valence electrons. The number of piperidine rings is 1. The van der Waals surface area contributed by atoms with Gasteiger partial charge in [0.2, 0.25) is 15.9 Å². The van der Waals surface area contributed by atoms with Gasteiger partial charge in [0.05, 0.1) is 15.5 Å². The number of hydrogen-bond acceptors (Lipinski definition) is 4. The Morgan fingerprint density at radius 1 is 0.926 bits per heavy atom. The minimum atomic E-state index is -3.63. The van der Waals surface area contributed by atoms with Crippen LogP contribution in [0.1, 0.15) is 36.5 Å². The van der Waals surface area contributed by atoms with Crippen LogP contribution in [0, 0.1) is 0 Å². The lowest BCUT2D eigenvalue weighted by atomic mass is 10.1. The number of amides is 2. The number of carbonyl (C=O) groups is 2. The largest absolute Gasteiger partial charge is 0.339 e. The van der Waals surface area contributed by atoms with Crippen LogP contribution in [0.15, 0.2) is 23.1 Å². The molecule has 0 radical (unpaired) electrons. The predicted molar refractivity (Wildman–Crippen MR) is 102 cm³/mol. The summed E-state index contributed by atoms with van der Waals surface area (Å²) in [6.07, 6.45) is 2.72. The maximum absolute atomic E-state index is 12.9. The van der Waals surface area contributed by atoms with E-state index in [2.05, 4.69) is 0 Å². The molecule has 2 aliphatic rings. The molecule has 0 unspecified atom stereocenters. The smallest absolute Gasteiger partial charge is 0.255 e. The molecular formula is C18H24ClN3O4S. The lowest BCUT2D eigenvalue weighted by Gasteiger charge is -2.34. The van der Waals surface area contributed by atoms with Gasteiger partial charge in [-0.05, 0) is 31.0 Å². The molecule has 1 aromatic carbocycles. The van der Waals surface area contributed by atoms with Crippen molar-refractivity contribution in [3.05, 3.63) is 28.8 Å². The van der Waals surface area contributed by atoms with Crippen molar-refractivity contribution in [1.29, 1.82) is 0 Å². The number of sulfonamides is 1. The molecule has 2 amide bonds. The Kier molecular flexibility index (Phi) is 6.08. The Morgan fingerprint density at radius 2 is 1.52 bits per heavy atom. The summed E-state index contributed by atoms with van der Waals surface area (Å²) in [4.78, 5) is 27.7. The summed E-state index contributed by atoms with van der Waals surface area (Å²) in [5, 5.41) is 0.228. The fourth-order valence-electron chi connectivity index (χ4n) is 3.48. The second-order valence-electron chi connectivity index (χ2n) is 6.90. The average Bonchev–Trinajstić information content (AvgIpc) is 2.68. The van der Waals surface area contributed by atoms with Crippen LogP contribution in [0.4, 0.5) is 0 Å². The molecule has 0 saturated carbocycles. The Hall–Kier alpha value is -1.64. The first-order valence-corrected chi connectivity index (χ1v) is 11.0. The fraction of sp³-hybridized carbons (Fsp3) is 0.556. The highest BCUT2D eigenvalue weighted by atomic mass is 35.5. The van der Waals surface area contributed by atoms with E-state index in [0.717, 1.165) is 19.3 Å². The summed E-state index contributed by atoms with van der Waals surface area (Å²) in [6.45, 7) is 4.23. The Bertz CT molecular complexity index is 829. The zero-order valence-corrected chi connectivity index (χ0v) is 16.9. The zero-order valence-electron chi connectivity index (χ0n) is 15.4. The van der Waals surface area contributed by atoms with Gasteiger partial charge in [0, 0.05) is 46.2 Å². The van der Waals surface area contributed by atoms with Gasteiger partial charge in [0.25, 0.3) is 5.91 Å². The minimum Gasteiger partial charge on any atom is -0.339 e. The van der Waals surface area contributed by atoms with E-state index in [0.29, 0.717) is 39.3 Å². The normalized spacial score (nSPS) is 19.2. The summed E-state index contributed by atoms with van der Waals surface area (Å²) in [6, 6.07) is 4.31. The molecule has 2 heterocycles. The van der Waals surface area contributed by atoms with Crippen molar-refractivity contribution in [3.63, 3.8) is 0 Å².